The molecule has 0 amide bonds. The normalized spacial score (nSPS) is 47.0. The first-order valence-corrected chi connectivity index (χ1v) is 38.6. The second-order valence-electron chi connectivity index (χ2n) is 38.7. The molecule has 16 aliphatic carbocycles. The zero-order chi connectivity index (χ0) is 63.9. The summed E-state index contributed by atoms with van der Waals surface area (Å²) in [6.07, 6.45) is 34.0. The fourth-order valence-corrected chi connectivity index (χ4v) is 25.4. The Kier molecular flexibility index (Phi) is 17.6. The summed E-state index contributed by atoms with van der Waals surface area (Å²) in [5.74, 6) is 4.12. The fourth-order valence-electron chi connectivity index (χ4n) is 25.4. The van der Waals surface area contributed by atoms with Crippen LogP contribution in [-0.4, -0.2) is 174 Å². The van der Waals surface area contributed by atoms with Crippen molar-refractivity contribution in [3.8, 4) is 0 Å². The summed E-state index contributed by atoms with van der Waals surface area (Å²) in [6, 6.07) is 0. The number of aliphatic hydroxyl groups excluding tert-OH is 2. The van der Waals surface area contributed by atoms with E-state index in [0.717, 1.165) is 208 Å². The van der Waals surface area contributed by atoms with Crippen molar-refractivity contribution in [3.05, 3.63) is 0 Å². The Labute approximate surface area is 555 Å². The lowest BCUT2D eigenvalue weighted by atomic mass is 9.46. The lowest BCUT2D eigenvalue weighted by molar-refractivity contribution is -0.291. The standard InChI is InChI=1S/C40H66O7.C38H62O7/c1-6-34(21-41,26-44-37-11-30-9-32(4,15-37)17-39(13-30,19-37)46-28-35(7-2)22-42-23-35)27-45-38-12-31-10-33(5,16-38)18-40(14-31,20-38)47-29-36(8-3)24-43-25-36;1-4-32(19-39,24-42-35-9-28-7-29(10-35)14-37(13-28,17-35)44-26-33(5-2)20-40-21-33)25-43-36-11-30-8-31(12-36)16-38(15-30,18-36)45-27-34(6-3)22-41-23-34/h30-31,41H,6-29H2,1-5H3;28-31,39H,4-27H2,1-3H3. The molecule has 14 nitrogen and oxygen atoms in total. The molecule has 14 heteroatoms. The van der Waals surface area contributed by atoms with Crippen LogP contribution in [-0.2, 0) is 56.8 Å². The predicted molar refractivity (Wildman–Crippen MR) is 351 cm³/mol. The smallest absolute Gasteiger partial charge is 0.0718 e. The van der Waals surface area contributed by atoms with Crippen molar-refractivity contribution in [2.75, 3.05) is 119 Å². The van der Waals surface area contributed by atoms with Crippen LogP contribution in [0.25, 0.3) is 0 Å². The average molecular weight is 1290 g/mol. The lowest BCUT2D eigenvalue weighted by Gasteiger charge is -2.66. The van der Waals surface area contributed by atoms with Gasteiger partial charge in [-0.15, -0.1) is 0 Å². The van der Waals surface area contributed by atoms with E-state index in [2.05, 4.69) is 55.4 Å². The van der Waals surface area contributed by atoms with Crippen molar-refractivity contribution in [1.82, 2.24) is 0 Å². The summed E-state index contributed by atoms with van der Waals surface area (Å²) in [4.78, 5) is 0. The monoisotopic (exact) mass is 1290 g/mol. The van der Waals surface area contributed by atoms with Crippen LogP contribution in [0.4, 0.5) is 0 Å². The maximum absolute atomic E-state index is 11.0. The highest BCUT2D eigenvalue weighted by molar-refractivity contribution is 5.18. The van der Waals surface area contributed by atoms with Crippen molar-refractivity contribution >= 4 is 0 Å². The van der Waals surface area contributed by atoms with Gasteiger partial charge in [-0.05, 0) is 213 Å². The molecule has 20 aliphatic rings. The van der Waals surface area contributed by atoms with Gasteiger partial charge in [0.15, 0.2) is 0 Å². The van der Waals surface area contributed by atoms with Crippen LogP contribution < -0.4 is 0 Å². The maximum atomic E-state index is 11.0. The quantitative estimate of drug-likeness (QED) is 0.0657. The molecule has 4 aliphatic heterocycles. The van der Waals surface area contributed by atoms with Gasteiger partial charge in [0.2, 0.25) is 0 Å². The highest BCUT2D eigenvalue weighted by atomic mass is 16.6. The molecule has 12 unspecified atom stereocenters. The van der Waals surface area contributed by atoms with Crippen LogP contribution in [0.5, 0.6) is 0 Å². The molecule has 16 saturated carbocycles. The van der Waals surface area contributed by atoms with Crippen LogP contribution in [0.1, 0.15) is 248 Å². The highest BCUT2D eigenvalue weighted by Crippen LogP contribution is 2.69. The van der Waals surface area contributed by atoms with Crippen molar-refractivity contribution in [2.45, 2.75) is 293 Å². The number of rotatable bonds is 32. The van der Waals surface area contributed by atoms with Crippen LogP contribution in [0, 0.1) is 78.8 Å². The zero-order valence-corrected chi connectivity index (χ0v) is 59.2. The zero-order valence-electron chi connectivity index (χ0n) is 59.2. The molecular weight excluding hydrogens is 1160 g/mol. The van der Waals surface area contributed by atoms with E-state index in [1.807, 2.05) is 0 Å². The van der Waals surface area contributed by atoms with E-state index in [4.69, 9.17) is 56.8 Å². The number of hydrogen-bond donors (Lipinski definition) is 2. The largest absolute Gasteiger partial charge is 0.396 e. The Morgan fingerprint density at radius 1 is 0.304 bits per heavy atom. The maximum Gasteiger partial charge on any atom is 0.0718 e. The third kappa shape index (κ3) is 12.4. The van der Waals surface area contributed by atoms with E-state index >= 15 is 0 Å². The predicted octanol–water partition coefficient (Wildman–Crippen LogP) is 13.7. The Balaban J connectivity index is 0.000000153. The Bertz CT molecular complexity index is 2390. The molecule has 0 radical (unpaired) electrons. The van der Waals surface area contributed by atoms with Gasteiger partial charge in [-0.25, -0.2) is 0 Å². The summed E-state index contributed by atoms with van der Waals surface area (Å²) in [6.45, 7) is 31.0. The summed E-state index contributed by atoms with van der Waals surface area (Å²) >= 11 is 0. The van der Waals surface area contributed by atoms with Crippen molar-refractivity contribution in [2.24, 2.45) is 78.8 Å². The van der Waals surface area contributed by atoms with Gasteiger partial charge >= 0.3 is 0 Å². The lowest BCUT2D eigenvalue weighted by Crippen LogP contribution is -2.66. The number of hydrogen-bond acceptors (Lipinski definition) is 14. The SMILES string of the molecule is CCC1(COC23CC4CC(C)(C2)CC(OCC(CC)(CO)COC25CC6CC(C)(CC(OCC7(CC)COC7)(C6)C2)C5)(C4)C3)COC1.CCC1(COC23CC4CC(C2)CC(OCC(CC)(CO)COC25CC6CC(CC(OCC7(CC)COC7)(C6)C2)C5)(C4)C3)COC1. The first kappa shape index (κ1) is 67.3. The van der Waals surface area contributed by atoms with Gasteiger partial charge in [0.25, 0.3) is 0 Å². The van der Waals surface area contributed by atoms with Gasteiger partial charge in [0.05, 0.1) is 164 Å². The second kappa shape index (κ2) is 24.1. The molecule has 20 fully saturated rings. The number of ether oxygens (including phenoxy) is 12. The second-order valence-corrected chi connectivity index (χ2v) is 38.7. The molecule has 4 heterocycles. The average Bonchev–Trinajstić information content (AvgIpc) is 0.725. The van der Waals surface area contributed by atoms with Crippen molar-refractivity contribution < 1.29 is 67.1 Å². The minimum Gasteiger partial charge on any atom is -0.396 e. The Morgan fingerprint density at radius 3 is 0.761 bits per heavy atom. The highest BCUT2D eigenvalue weighted by Gasteiger charge is 2.68. The molecule has 92 heavy (non-hydrogen) atoms. The molecule has 0 aromatic carbocycles. The minimum absolute atomic E-state index is 0.0398. The molecule has 0 aromatic rings. The van der Waals surface area contributed by atoms with E-state index in [1.165, 1.54) is 64.2 Å². The van der Waals surface area contributed by atoms with Crippen LogP contribution in [0.2, 0.25) is 0 Å². The van der Waals surface area contributed by atoms with Crippen LogP contribution in [0.3, 0.4) is 0 Å². The minimum atomic E-state index is -0.401. The van der Waals surface area contributed by atoms with Crippen molar-refractivity contribution in [1.29, 1.82) is 0 Å². The molecule has 20 rings (SSSR count). The van der Waals surface area contributed by atoms with Gasteiger partial charge in [0, 0.05) is 58.2 Å². The Hall–Kier alpha value is -0.560. The summed E-state index contributed by atoms with van der Waals surface area (Å²) in [5.41, 5.74) is -0.210. The van der Waals surface area contributed by atoms with Gasteiger partial charge in [0.1, 0.15) is 0 Å². The van der Waals surface area contributed by atoms with Gasteiger partial charge in [-0.1, -0.05) is 55.4 Å². The van der Waals surface area contributed by atoms with Crippen LogP contribution >= 0.6 is 0 Å². The first-order valence-electron chi connectivity index (χ1n) is 38.6. The fraction of sp³-hybridized carbons (Fsp3) is 1.00. The summed E-state index contributed by atoms with van der Waals surface area (Å²) < 4.78 is 79.1. The molecule has 16 bridgehead atoms. The van der Waals surface area contributed by atoms with E-state index in [9.17, 15) is 10.2 Å². The van der Waals surface area contributed by atoms with E-state index in [-0.39, 0.29) is 95.9 Å². The third-order valence-electron chi connectivity index (χ3n) is 30.3. The molecule has 4 saturated heterocycles. The van der Waals surface area contributed by atoms with Crippen molar-refractivity contribution in [3.63, 3.8) is 0 Å². The van der Waals surface area contributed by atoms with Gasteiger partial charge in [-0.3, -0.25) is 0 Å². The molecule has 0 aromatic heterocycles. The molecule has 524 valence electrons. The van der Waals surface area contributed by atoms with E-state index in [0.29, 0.717) is 61.9 Å². The molecule has 2 N–H and O–H groups in total. The van der Waals surface area contributed by atoms with E-state index < -0.39 is 5.41 Å². The summed E-state index contributed by atoms with van der Waals surface area (Å²) in [5, 5.41) is 22.0. The first-order chi connectivity index (χ1) is 43.9. The van der Waals surface area contributed by atoms with Gasteiger partial charge in [-0.2, -0.15) is 0 Å². The Morgan fingerprint density at radius 2 is 0.533 bits per heavy atom. The van der Waals surface area contributed by atoms with E-state index in [1.54, 1.807) is 0 Å². The topological polar surface area (TPSA) is 151 Å². The molecule has 12 atom stereocenters. The molecular formula is C78H128O14. The third-order valence-corrected chi connectivity index (χ3v) is 30.3. The molecule has 0 spiro atoms. The summed E-state index contributed by atoms with van der Waals surface area (Å²) in [7, 11) is 0. The van der Waals surface area contributed by atoms with Crippen LogP contribution in [0.15, 0.2) is 0 Å². The van der Waals surface area contributed by atoms with Gasteiger partial charge < -0.3 is 67.1 Å². The number of aliphatic hydroxyl groups is 2.